The molecule has 0 unspecified atom stereocenters. The van der Waals surface area contributed by atoms with Gasteiger partial charge in [-0.1, -0.05) is 6.08 Å². The van der Waals surface area contributed by atoms with Crippen molar-refractivity contribution in [2.45, 2.75) is 0 Å². The first-order valence-corrected chi connectivity index (χ1v) is 8.74. The van der Waals surface area contributed by atoms with Crippen molar-refractivity contribution in [3.05, 3.63) is 75.3 Å². The van der Waals surface area contributed by atoms with Crippen LogP contribution in [0.15, 0.2) is 69.2 Å². The fraction of sp³-hybridized carbons (Fsp3) is 0.0588. The molecule has 0 saturated carbocycles. The third kappa shape index (κ3) is 3.72. The van der Waals surface area contributed by atoms with E-state index in [4.69, 9.17) is 0 Å². The maximum Gasteiger partial charge on any atom is 0.206 e. The molecule has 0 spiro atoms. The molecular weight excluding hydrogens is 329 g/mol. The van der Waals surface area contributed by atoms with Gasteiger partial charge in [-0.05, 0) is 41.1 Å². The van der Waals surface area contributed by atoms with Gasteiger partial charge in [0.15, 0.2) is 0 Å². The topological polar surface area (TPSA) is 29.6 Å². The number of hydrogen-bond donors (Lipinski definition) is 0. The molecule has 0 aliphatic carbocycles. The summed E-state index contributed by atoms with van der Waals surface area (Å²) in [5.41, 5.74) is 2.81. The number of rotatable bonds is 5. The van der Waals surface area contributed by atoms with Crippen LogP contribution in [-0.4, -0.2) is 17.4 Å². The first-order chi connectivity index (χ1) is 11.3. The summed E-state index contributed by atoms with van der Waals surface area (Å²) >= 11 is 3.12. The maximum atomic E-state index is 13.1. The second kappa shape index (κ2) is 7.30. The van der Waals surface area contributed by atoms with E-state index in [0.717, 1.165) is 21.6 Å². The summed E-state index contributed by atoms with van der Waals surface area (Å²) in [5, 5.41) is 10.5. The van der Waals surface area contributed by atoms with Crippen LogP contribution in [0.1, 0.15) is 5.56 Å². The van der Waals surface area contributed by atoms with Gasteiger partial charge in [0.2, 0.25) is 4.80 Å². The molecule has 0 N–H and O–H groups in total. The molecule has 23 heavy (non-hydrogen) atoms. The van der Waals surface area contributed by atoms with Crippen LogP contribution in [0.5, 0.6) is 0 Å². The van der Waals surface area contributed by atoms with Crippen molar-refractivity contribution in [3.8, 4) is 11.3 Å². The lowest BCUT2D eigenvalue weighted by Crippen LogP contribution is -2.12. The number of halogens is 1. The van der Waals surface area contributed by atoms with E-state index in [9.17, 15) is 4.39 Å². The highest BCUT2D eigenvalue weighted by Crippen LogP contribution is 2.20. The van der Waals surface area contributed by atoms with E-state index < -0.39 is 0 Å². The van der Waals surface area contributed by atoms with Gasteiger partial charge in [0, 0.05) is 16.5 Å². The zero-order valence-electron chi connectivity index (χ0n) is 12.2. The van der Waals surface area contributed by atoms with E-state index in [1.54, 1.807) is 40.4 Å². The fourth-order valence-corrected chi connectivity index (χ4v) is 3.41. The molecule has 0 fully saturated rings. The average Bonchev–Trinajstić information content (AvgIpc) is 3.21. The van der Waals surface area contributed by atoms with Crippen molar-refractivity contribution < 1.29 is 4.39 Å². The quantitative estimate of drug-likeness (QED) is 0.486. The van der Waals surface area contributed by atoms with Gasteiger partial charge in [0.05, 0.1) is 18.5 Å². The van der Waals surface area contributed by atoms with Crippen LogP contribution in [0.2, 0.25) is 0 Å². The largest absolute Gasteiger partial charge is 0.253 e. The Morgan fingerprint density at radius 3 is 2.70 bits per heavy atom. The highest BCUT2D eigenvalue weighted by molar-refractivity contribution is 7.08. The molecule has 0 aliphatic rings. The van der Waals surface area contributed by atoms with Crippen molar-refractivity contribution in [2.75, 3.05) is 6.54 Å². The molecule has 0 bridgehead atoms. The van der Waals surface area contributed by atoms with Gasteiger partial charge < -0.3 is 0 Å². The van der Waals surface area contributed by atoms with Gasteiger partial charge in [-0.2, -0.15) is 16.4 Å². The highest BCUT2D eigenvalue weighted by atomic mass is 32.1. The molecule has 3 nitrogen and oxygen atoms in total. The minimum atomic E-state index is -0.256. The van der Waals surface area contributed by atoms with Crippen LogP contribution < -0.4 is 4.80 Å². The Labute approximate surface area is 141 Å². The Morgan fingerprint density at radius 2 is 2.00 bits per heavy atom. The van der Waals surface area contributed by atoms with Crippen LogP contribution in [-0.2, 0) is 0 Å². The smallest absolute Gasteiger partial charge is 0.206 e. The van der Waals surface area contributed by atoms with E-state index in [-0.39, 0.29) is 5.82 Å². The van der Waals surface area contributed by atoms with Crippen LogP contribution >= 0.6 is 22.7 Å². The lowest BCUT2D eigenvalue weighted by Gasteiger charge is -2.03. The van der Waals surface area contributed by atoms with Crippen molar-refractivity contribution in [2.24, 2.45) is 10.1 Å². The first kappa shape index (κ1) is 15.6. The molecule has 0 atom stereocenters. The van der Waals surface area contributed by atoms with E-state index >= 15 is 0 Å². The first-order valence-electron chi connectivity index (χ1n) is 6.92. The highest BCUT2D eigenvalue weighted by Gasteiger charge is 2.07. The monoisotopic (exact) mass is 343 g/mol. The van der Waals surface area contributed by atoms with E-state index in [1.165, 1.54) is 23.5 Å². The van der Waals surface area contributed by atoms with Gasteiger partial charge in [0.25, 0.3) is 0 Å². The van der Waals surface area contributed by atoms with Gasteiger partial charge in [-0.3, -0.25) is 4.99 Å². The maximum absolute atomic E-state index is 13.1. The Morgan fingerprint density at radius 1 is 1.17 bits per heavy atom. The zero-order chi connectivity index (χ0) is 16.1. The number of thiazole rings is 1. The molecule has 2 heterocycles. The number of aromatic nitrogens is 1. The Hall–Kier alpha value is -2.31. The summed E-state index contributed by atoms with van der Waals surface area (Å²) in [7, 11) is 0. The van der Waals surface area contributed by atoms with Gasteiger partial charge in [0.1, 0.15) is 5.82 Å². The number of hydrogen-bond acceptors (Lipinski definition) is 4. The van der Waals surface area contributed by atoms with E-state index in [0.29, 0.717) is 6.54 Å². The normalized spacial score (nSPS) is 12.1. The molecule has 0 aliphatic heterocycles. The van der Waals surface area contributed by atoms with E-state index in [1.807, 2.05) is 22.2 Å². The second-order valence-corrected chi connectivity index (χ2v) is 6.27. The standard InChI is InChI=1S/C17H14FN3S2/c1-2-8-19-17-21(20-10-13-7-9-22-11-13)16(12-23-17)14-3-5-15(18)6-4-14/h2-7,9-12H,1,8H2. The molecule has 2 aromatic heterocycles. The molecule has 116 valence electrons. The summed E-state index contributed by atoms with van der Waals surface area (Å²) < 4.78 is 14.9. The van der Waals surface area contributed by atoms with Gasteiger partial charge in [-0.15, -0.1) is 17.9 Å². The summed E-state index contributed by atoms with van der Waals surface area (Å²) in [6.45, 7) is 4.21. The molecule has 0 saturated heterocycles. The number of thiophene rings is 1. The van der Waals surface area contributed by atoms with Crippen LogP contribution in [0, 0.1) is 5.82 Å². The zero-order valence-corrected chi connectivity index (χ0v) is 13.9. The summed E-state index contributed by atoms with van der Waals surface area (Å²) in [6.07, 6.45) is 3.54. The predicted molar refractivity (Wildman–Crippen MR) is 95.6 cm³/mol. The summed E-state index contributed by atoms with van der Waals surface area (Å²) in [5.74, 6) is -0.256. The van der Waals surface area contributed by atoms with Crippen molar-refractivity contribution in [3.63, 3.8) is 0 Å². The summed E-state index contributed by atoms with van der Waals surface area (Å²) in [6, 6.07) is 8.37. The number of nitrogens with zero attached hydrogens (tertiary/aromatic N) is 3. The van der Waals surface area contributed by atoms with Crippen molar-refractivity contribution in [1.82, 2.24) is 4.68 Å². The Balaban J connectivity index is 2.07. The molecule has 0 amide bonds. The second-order valence-electron chi connectivity index (χ2n) is 4.65. The van der Waals surface area contributed by atoms with Crippen molar-refractivity contribution >= 4 is 28.9 Å². The average molecular weight is 343 g/mol. The lowest BCUT2D eigenvalue weighted by molar-refractivity contribution is 0.628. The third-order valence-corrected chi connectivity index (χ3v) is 4.60. The van der Waals surface area contributed by atoms with Gasteiger partial charge in [-0.25, -0.2) is 9.07 Å². The predicted octanol–water partition coefficient (Wildman–Crippen LogP) is 4.39. The molecule has 1 aromatic carbocycles. The fourth-order valence-electron chi connectivity index (χ4n) is 1.95. The minimum Gasteiger partial charge on any atom is -0.253 e. The minimum absolute atomic E-state index is 0.256. The molecule has 3 rings (SSSR count). The molecule has 6 heteroatoms. The molecular formula is C17H14FN3S2. The van der Waals surface area contributed by atoms with Gasteiger partial charge >= 0.3 is 0 Å². The van der Waals surface area contributed by atoms with Crippen LogP contribution in [0.4, 0.5) is 4.39 Å². The number of benzene rings is 1. The lowest BCUT2D eigenvalue weighted by atomic mass is 10.2. The Bertz CT molecular complexity index is 871. The van der Waals surface area contributed by atoms with E-state index in [2.05, 4.69) is 16.7 Å². The van der Waals surface area contributed by atoms with Crippen molar-refractivity contribution in [1.29, 1.82) is 0 Å². The molecule has 0 radical (unpaired) electrons. The third-order valence-electron chi connectivity index (χ3n) is 3.05. The SMILES string of the molecule is C=CCN=c1scc(-c2ccc(F)cc2)n1N=Cc1ccsc1. The van der Waals surface area contributed by atoms with Crippen LogP contribution in [0.25, 0.3) is 11.3 Å². The Kier molecular flexibility index (Phi) is 4.95. The molecule has 3 aromatic rings. The van der Waals surface area contributed by atoms with Crippen LogP contribution in [0.3, 0.4) is 0 Å². The summed E-state index contributed by atoms with van der Waals surface area (Å²) in [4.78, 5) is 5.24.